The third kappa shape index (κ3) is 10.9. The number of amides is 1. The fraction of sp³-hybridized carbons (Fsp3) is 0.875. The zero-order chi connectivity index (χ0) is 25.4. The molecule has 0 bridgehead atoms. The molecule has 1 atom stereocenters. The van der Waals surface area contributed by atoms with E-state index in [9.17, 15) is 14.4 Å². The van der Waals surface area contributed by atoms with Gasteiger partial charge in [-0.1, -0.05) is 27.7 Å². The van der Waals surface area contributed by atoms with Crippen LogP contribution in [0.3, 0.4) is 0 Å². The molecule has 0 aliphatic rings. The lowest BCUT2D eigenvalue weighted by Crippen LogP contribution is -2.46. The number of hydrogen-bond donors (Lipinski definition) is 3. The van der Waals surface area contributed by atoms with Gasteiger partial charge in [-0.25, -0.2) is 0 Å². The molecule has 0 fully saturated rings. The Morgan fingerprint density at radius 1 is 0.969 bits per heavy atom. The van der Waals surface area contributed by atoms with E-state index in [0.29, 0.717) is 26.2 Å². The van der Waals surface area contributed by atoms with Crippen LogP contribution < -0.4 is 11.1 Å². The van der Waals surface area contributed by atoms with Crippen molar-refractivity contribution in [3.63, 3.8) is 0 Å². The van der Waals surface area contributed by atoms with Crippen molar-refractivity contribution >= 4 is 17.7 Å². The molecule has 0 aliphatic carbocycles. The van der Waals surface area contributed by atoms with Crippen LogP contribution in [0, 0.1) is 10.8 Å². The highest BCUT2D eigenvalue weighted by atomic mass is 16.5. The maximum atomic E-state index is 12.0. The van der Waals surface area contributed by atoms with E-state index >= 15 is 0 Å². The Bertz CT molecular complexity index is 640. The van der Waals surface area contributed by atoms with Crippen LogP contribution in [0.5, 0.6) is 0 Å². The number of aliphatic carboxylic acids is 1. The van der Waals surface area contributed by atoms with Gasteiger partial charge in [-0.15, -0.1) is 0 Å². The third-order valence-corrected chi connectivity index (χ3v) is 6.55. The van der Waals surface area contributed by atoms with Gasteiger partial charge in [-0.3, -0.25) is 14.4 Å². The summed E-state index contributed by atoms with van der Waals surface area (Å²) in [6.07, 6.45) is 1.56. The lowest BCUT2D eigenvalue weighted by atomic mass is 9.66. The maximum absolute atomic E-state index is 12.0. The quantitative estimate of drug-likeness (QED) is 0.303. The molecule has 0 heterocycles. The van der Waals surface area contributed by atoms with Crippen molar-refractivity contribution in [3.05, 3.63) is 0 Å². The van der Waals surface area contributed by atoms with E-state index in [4.69, 9.17) is 20.3 Å². The van der Waals surface area contributed by atoms with Crippen molar-refractivity contribution in [2.45, 2.75) is 105 Å². The van der Waals surface area contributed by atoms with E-state index in [1.165, 1.54) is 0 Å². The Morgan fingerprint density at radius 2 is 1.53 bits per heavy atom. The number of carbonyl (C=O) groups excluding carboxylic acids is 2. The van der Waals surface area contributed by atoms with Crippen LogP contribution in [-0.4, -0.2) is 59.8 Å². The largest absolute Gasteiger partial charge is 0.480 e. The maximum Gasteiger partial charge on any atom is 0.320 e. The summed E-state index contributed by atoms with van der Waals surface area (Å²) in [7, 11) is 0. The average Bonchev–Trinajstić information content (AvgIpc) is 2.61. The first kappa shape index (κ1) is 30.5. The van der Waals surface area contributed by atoms with Gasteiger partial charge in [-0.05, 0) is 59.3 Å². The zero-order valence-corrected chi connectivity index (χ0v) is 21.6. The van der Waals surface area contributed by atoms with Gasteiger partial charge >= 0.3 is 5.97 Å². The van der Waals surface area contributed by atoms with Crippen LogP contribution in [0.2, 0.25) is 0 Å². The molecule has 0 rings (SSSR count). The highest BCUT2D eigenvalue weighted by Gasteiger charge is 2.43. The number of rotatable bonds is 16. The number of carboxylic acid groups (broad SMARTS) is 1. The second kappa shape index (κ2) is 12.1. The molecule has 32 heavy (non-hydrogen) atoms. The number of carboxylic acids is 1. The summed E-state index contributed by atoms with van der Waals surface area (Å²) in [6, 6.07) is -1.03. The lowest BCUT2D eigenvalue weighted by Gasteiger charge is -2.45. The molecule has 0 radical (unpaired) electrons. The normalized spacial score (nSPS) is 14.2. The first-order chi connectivity index (χ1) is 14.3. The van der Waals surface area contributed by atoms with Crippen LogP contribution in [0.15, 0.2) is 0 Å². The minimum atomic E-state index is -1.11. The highest BCUT2D eigenvalue weighted by molar-refractivity contribution is 5.81. The van der Waals surface area contributed by atoms with Crippen molar-refractivity contribution < 1.29 is 29.0 Å². The fourth-order valence-electron chi connectivity index (χ4n) is 3.28. The second-order valence-electron chi connectivity index (χ2n) is 11.1. The first-order valence-corrected chi connectivity index (χ1v) is 11.4. The molecule has 0 aliphatic heterocycles. The topological polar surface area (TPSA) is 128 Å². The number of nitrogens with one attached hydrogen (secondary N) is 1. The Kier molecular flexibility index (Phi) is 11.5. The SMILES string of the molecule is CC(=O)C(C)(C)CC(C)(C)C(C)(C)OCCC(C)(C)OCCNC(=O)CCC(N)C(=O)O. The van der Waals surface area contributed by atoms with Gasteiger partial charge in [0.15, 0.2) is 0 Å². The molecule has 0 aromatic rings. The van der Waals surface area contributed by atoms with Gasteiger partial charge in [0.1, 0.15) is 11.8 Å². The molecule has 8 nitrogen and oxygen atoms in total. The summed E-state index contributed by atoms with van der Waals surface area (Å²) in [5.74, 6) is -1.18. The van der Waals surface area contributed by atoms with Gasteiger partial charge in [0.2, 0.25) is 5.91 Å². The molecule has 1 unspecified atom stereocenters. The second-order valence-corrected chi connectivity index (χ2v) is 11.1. The molecule has 0 aromatic carbocycles. The fourth-order valence-corrected chi connectivity index (χ4v) is 3.28. The van der Waals surface area contributed by atoms with Crippen LogP contribution in [-0.2, 0) is 23.9 Å². The van der Waals surface area contributed by atoms with Crippen molar-refractivity contribution in [1.82, 2.24) is 5.32 Å². The van der Waals surface area contributed by atoms with E-state index in [1.54, 1.807) is 6.92 Å². The van der Waals surface area contributed by atoms with Crippen molar-refractivity contribution in [1.29, 1.82) is 0 Å². The van der Waals surface area contributed by atoms with E-state index in [0.717, 1.165) is 6.42 Å². The van der Waals surface area contributed by atoms with E-state index in [2.05, 4.69) is 33.0 Å². The first-order valence-electron chi connectivity index (χ1n) is 11.4. The van der Waals surface area contributed by atoms with Crippen LogP contribution in [0.1, 0.15) is 88.0 Å². The van der Waals surface area contributed by atoms with E-state index in [-0.39, 0.29) is 29.9 Å². The Morgan fingerprint density at radius 3 is 2.03 bits per heavy atom. The lowest BCUT2D eigenvalue weighted by molar-refractivity contribution is -0.140. The third-order valence-electron chi connectivity index (χ3n) is 6.55. The van der Waals surface area contributed by atoms with Crippen molar-refractivity contribution in [2.75, 3.05) is 19.8 Å². The molecule has 1 amide bonds. The Labute approximate surface area is 194 Å². The van der Waals surface area contributed by atoms with Gasteiger partial charge < -0.3 is 25.6 Å². The van der Waals surface area contributed by atoms with Gasteiger partial charge in [0.05, 0.1) is 24.4 Å². The molecule has 0 saturated carbocycles. The Hall–Kier alpha value is -1.51. The molecule has 0 aromatic heterocycles. The molecule has 188 valence electrons. The standard InChI is InChI=1S/C24H46N2O6/c1-17(27)21(2,3)16-22(4,5)24(8,9)32-14-12-23(6,7)31-15-13-26-19(28)11-10-18(25)20(29)30/h18H,10-16,25H2,1-9H3,(H,26,28)(H,29,30). The summed E-state index contributed by atoms with van der Waals surface area (Å²) >= 11 is 0. The number of ether oxygens (including phenoxy) is 2. The number of ketones is 1. The highest BCUT2D eigenvalue weighted by Crippen LogP contribution is 2.43. The monoisotopic (exact) mass is 458 g/mol. The minimum Gasteiger partial charge on any atom is -0.480 e. The molecule has 0 saturated heterocycles. The minimum absolute atomic E-state index is 0.0655. The van der Waals surface area contributed by atoms with E-state index < -0.39 is 28.6 Å². The van der Waals surface area contributed by atoms with Gasteiger partial charge in [-0.2, -0.15) is 0 Å². The number of carbonyl (C=O) groups is 3. The summed E-state index contributed by atoms with van der Waals surface area (Å²) in [4.78, 5) is 34.4. The molecular weight excluding hydrogens is 412 g/mol. The van der Waals surface area contributed by atoms with Crippen LogP contribution in [0.4, 0.5) is 0 Å². The summed E-state index contributed by atoms with van der Waals surface area (Å²) in [6.45, 7) is 19.1. The smallest absolute Gasteiger partial charge is 0.320 e. The summed E-state index contributed by atoms with van der Waals surface area (Å²) in [5.41, 5.74) is 3.91. The molecule has 0 spiro atoms. The summed E-state index contributed by atoms with van der Waals surface area (Å²) in [5, 5.41) is 11.4. The van der Waals surface area contributed by atoms with Crippen molar-refractivity contribution in [2.24, 2.45) is 16.6 Å². The van der Waals surface area contributed by atoms with Crippen LogP contribution in [0.25, 0.3) is 0 Å². The summed E-state index contributed by atoms with van der Waals surface area (Å²) < 4.78 is 12.2. The van der Waals surface area contributed by atoms with Gasteiger partial charge in [0.25, 0.3) is 0 Å². The molecule has 4 N–H and O–H groups in total. The predicted molar refractivity (Wildman–Crippen MR) is 125 cm³/mol. The van der Waals surface area contributed by atoms with Gasteiger partial charge in [0, 0.05) is 18.4 Å². The predicted octanol–water partition coefficient (Wildman–Crippen LogP) is 3.31. The molecular formula is C24H46N2O6. The number of nitrogens with two attached hydrogens (primary N) is 1. The number of hydrogen-bond acceptors (Lipinski definition) is 6. The molecule has 8 heteroatoms. The Balaban J connectivity index is 4.41. The van der Waals surface area contributed by atoms with Crippen molar-refractivity contribution in [3.8, 4) is 0 Å². The van der Waals surface area contributed by atoms with Crippen LogP contribution >= 0.6 is 0 Å². The average molecular weight is 459 g/mol. The zero-order valence-electron chi connectivity index (χ0n) is 21.6. The number of Topliss-reactive ketones (excluding diaryl/α,β-unsaturated/α-hetero) is 1. The van der Waals surface area contributed by atoms with E-state index in [1.807, 2.05) is 27.7 Å².